The first kappa shape index (κ1) is 15.8. The lowest BCUT2D eigenvalue weighted by Gasteiger charge is -2.23. The minimum absolute atomic E-state index is 0.113. The molecule has 0 heterocycles. The molecule has 2 unspecified atom stereocenters. The quantitative estimate of drug-likeness (QED) is 0.783. The van der Waals surface area contributed by atoms with E-state index >= 15 is 0 Å². The maximum Gasteiger partial charge on any atom is 0.120 e. The summed E-state index contributed by atoms with van der Waals surface area (Å²) in [6, 6.07) is 9.35. The van der Waals surface area contributed by atoms with Crippen LogP contribution < -0.4 is 4.74 Å². The van der Waals surface area contributed by atoms with Gasteiger partial charge in [-0.2, -0.15) is 5.26 Å². The molecule has 2 rings (SSSR count). The van der Waals surface area contributed by atoms with Crippen LogP contribution in [-0.2, 0) is 0 Å². The topological polar surface area (TPSA) is 56.5 Å². The largest absolute Gasteiger partial charge is 0.494 e. The Labute approximate surface area is 127 Å². The Morgan fingerprint density at radius 2 is 2.29 bits per heavy atom. The second-order valence-corrected chi connectivity index (χ2v) is 5.86. The number of benzene rings is 1. The predicted octanol–water partition coefficient (Wildman–Crippen LogP) is 2.42. The average Bonchev–Trinajstić information content (AvgIpc) is 2.89. The third kappa shape index (κ3) is 5.04. The van der Waals surface area contributed by atoms with E-state index in [1.54, 1.807) is 12.1 Å². The number of nitriles is 1. The summed E-state index contributed by atoms with van der Waals surface area (Å²) in [5, 5.41) is 18.7. The highest BCUT2D eigenvalue weighted by Gasteiger charge is 2.25. The molecule has 1 aromatic rings. The van der Waals surface area contributed by atoms with Crippen molar-refractivity contribution < 1.29 is 9.84 Å². The summed E-state index contributed by atoms with van der Waals surface area (Å²) in [5.41, 5.74) is 0.625. The van der Waals surface area contributed by atoms with Gasteiger partial charge in [-0.25, -0.2) is 0 Å². The molecule has 0 bridgehead atoms. The fourth-order valence-corrected chi connectivity index (χ4v) is 2.90. The lowest BCUT2D eigenvalue weighted by atomic mass is 10.1. The normalized spacial score (nSPS) is 21.4. The Hall–Kier alpha value is -1.57. The van der Waals surface area contributed by atoms with Crippen LogP contribution in [-0.4, -0.2) is 42.9 Å². The summed E-state index contributed by atoms with van der Waals surface area (Å²) in [7, 11) is 2.10. The molecule has 2 atom stereocenters. The Kier molecular flexibility index (Phi) is 6.04. The van der Waals surface area contributed by atoms with Crippen molar-refractivity contribution in [2.45, 2.75) is 31.8 Å². The number of aliphatic hydroxyl groups excluding tert-OH is 1. The van der Waals surface area contributed by atoms with Crippen LogP contribution in [0.15, 0.2) is 24.3 Å². The van der Waals surface area contributed by atoms with Gasteiger partial charge in [-0.05, 0) is 50.4 Å². The minimum Gasteiger partial charge on any atom is -0.494 e. The minimum atomic E-state index is -0.113. The van der Waals surface area contributed by atoms with E-state index in [1.807, 2.05) is 12.1 Å². The highest BCUT2D eigenvalue weighted by atomic mass is 16.5. The first-order valence-corrected chi connectivity index (χ1v) is 7.68. The van der Waals surface area contributed by atoms with Crippen LogP contribution in [0.1, 0.15) is 31.2 Å². The summed E-state index contributed by atoms with van der Waals surface area (Å²) in [6.45, 7) is 2.57. The van der Waals surface area contributed by atoms with Crippen LogP contribution in [0.5, 0.6) is 5.75 Å². The van der Waals surface area contributed by atoms with Crippen molar-refractivity contribution in [2.75, 3.05) is 26.7 Å². The predicted molar refractivity (Wildman–Crippen MR) is 82.1 cm³/mol. The fraction of sp³-hybridized carbons (Fsp3) is 0.588. The Balaban J connectivity index is 1.63. The van der Waals surface area contributed by atoms with E-state index in [0.29, 0.717) is 18.1 Å². The molecule has 1 aromatic carbocycles. The third-order valence-corrected chi connectivity index (χ3v) is 4.08. The van der Waals surface area contributed by atoms with Crippen LogP contribution >= 0.6 is 0 Å². The van der Waals surface area contributed by atoms with Gasteiger partial charge in [0.05, 0.1) is 24.3 Å². The molecule has 1 saturated carbocycles. The van der Waals surface area contributed by atoms with Gasteiger partial charge < -0.3 is 14.7 Å². The lowest BCUT2D eigenvalue weighted by molar-refractivity contribution is 0.108. The summed E-state index contributed by atoms with van der Waals surface area (Å²) < 4.78 is 5.66. The molecule has 0 aliphatic heterocycles. The van der Waals surface area contributed by atoms with Gasteiger partial charge in [-0.3, -0.25) is 0 Å². The molecule has 1 aliphatic rings. The molecule has 4 heteroatoms. The van der Waals surface area contributed by atoms with E-state index < -0.39 is 0 Å². The highest BCUT2D eigenvalue weighted by Crippen LogP contribution is 2.25. The van der Waals surface area contributed by atoms with Crippen molar-refractivity contribution in [2.24, 2.45) is 5.92 Å². The molecular weight excluding hydrogens is 264 g/mol. The molecule has 0 radical (unpaired) electrons. The molecule has 114 valence electrons. The van der Waals surface area contributed by atoms with Crippen LogP contribution in [0.3, 0.4) is 0 Å². The summed E-state index contributed by atoms with van der Waals surface area (Å²) in [4.78, 5) is 2.27. The van der Waals surface area contributed by atoms with Crippen LogP contribution in [0, 0.1) is 17.2 Å². The van der Waals surface area contributed by atoms with Gasteiger partial charge in [0.1, 0.15) is 5.75 Å². The number of aliphatic hydroxyl groups is 1. The molecule has 1 fully saturated rings. The van der Waals surface area contributed by atoms with Crippen LogP contribution in [0.25, 0.3) is 0 Å². The molecular formula is C17H24N2O2. The van der Waals surface area contributed by atoms with Crippen molar-refractivity contribution in [3.05, 3.63) is 29.8 Å². The first-order chi connectivity index (χ1) is 10.2. The summed E-state index contributed by atoms with van der Waals surface area (Å²) in [6.07, 6.45) is 4.07. The zero-order valence-corrected chi connectivity index (χ0v) is 12.7. The van der Waals surface area contributed by atoms with Crippen LogP contribution in [0.4, 0.5) is 0 Å². The van der Waals surface area contributed by atoms with Gasteiger partial charge >= 0.3 is 0 Å². The second kappa shape index (κ2) is 8.02. The zero-order valence-electron chi connectivity index (χ0n) is 12.7. The fourth-order valence-electron chi connectivity index (χ4n) is 2.90. The second-order valence-electron chi connectivity index (χ2n) is 5.86. The molecule has 0 aromatic heterocycles. The van der Waals surface area contributed by atoms with Crippen molar-refractivity contribution in [1.29, 1.82) is 5.26 Å². The smallest absolute Gasteiger partial charge is 0.120 e. The molecule has 0 saturated heterocycles. The van der Waals surface area contributed by atoms with Gasteiger partial charge in [0.2, 0.25) is 0 Å². The summed E-state index contributed by atoms with van der Waals surface area (Å²) >= 11 is 0. The van der Waals surface area contributed by atoms with E-state index in [2.05, 4.69) is 18.0 Å². The maximum atomic E-state index is 9.83. The highest BCUT2D eigenvalue weighted by molar-refractivity contribution is 5.36. The molecule has 1 aliphatic carbocycles. The zero-order chi connectivity index (χ0) is 15.1. The van der Waals surface area contributed by atoms with Gasteiger partial charge in [0.15, 0.2) is 0 Å². The first-order valence-electron chi connectivity index (χ1n) is 7.68. The maximum absolute atomic E-state index is 9.83. The molecule has 0 amide bonds. The van der Waals surface area contributed by atoms with E-state index in [9.17, 15) is 5.11 Å². The Morgan fingerprint density at radius 1 is 1.43 bits per heavy atom. The van der Waals surface area contributed by atoms with Gasteiger partial charge in [-0.1, -0.05) is 12.5 Å². The average molecular weight is 288 g/mol. The molecule has 1 N–H and O–H groups in total. The SMILES string of the molecule is CN(CCCOc1cccc(C#N)c1)CC1CCCC1O. The lowest BCUT2D eigenvalue weighted by Crippen LogP contribution is -2.31. The third-order valence-electron chi connectivity index (χ3n) is 4.08. The summed E-state index contributed by atoms with van der Waals surface area (Å²) in [5.74, 6) is 1.19. The molecule has 21 heavy (non-hydrogen) atoms. The van der Waals surface area contributed by atoms with Gasteiger partial charge in [0.25, 0.3) is 0 Å². The van der Waals surface area contributed by atoms with E-state index in [0.717, 1.165) is 44.5 Å². The number of ether oxygens (including phenoxy) is 1. The van der Waals surface area contributed by atoms with Crippen LogP contribution in [0.2, 0.25) is 0 Å². The monoisotopic (exact) mass is 288 g/mol. The van der Waals surface area contributed by atoms with E-state index in [1.165, 1.54) is 0 Å². The number of hydrogen-bond acceptors (Lipinski definition) is 4. The number of hydrogen-bond donors (Lipinski definition) is 1. The van der Waals surface area contributed by atoms with Crippen molar-refractivity contribution >= 4 is 0 Å². The van der Waals surface area contributed by atoms with Gasteiger partial charge in [0, 0.05) is 13.1 Å². The van der Waals surface area contributed by atoms with E-state index in [-0.39, 0.29) is 6.10 Å². The Morgan fingerprint density at radius 3 is 3.00 bits per heavy atom. The van der Waals surface area contributed by atoms with Gasteiger partial charge in [-0.15, -0.1) is 0 Å². The standard InChI is InChI=1S/C17H24N2O2/c1-19(13-15-6-3-8-17(15)20)9-4-10-21-16-7-2-5-14(11-16)12-18/h2,5,7,11,15,17,20H,3-4,6,8-10,13H2,1H3. The van der Waals surface area contributed by atoms with Crippen molar-refractivity contribution in [3.8, 4) is 11.8 Å². The molecule has 0 spiro atoms. The number of nitrogens with zero attached hydrogens (tertiary/aromatic N) is 2. The van der Waals surface area contributed by atoms with E-state index in [4.69, 9.17) is 10.00 Å². The molecule has 4 nitrogen and oxygen atoms in total. The number of rotatable bonds is 7. The Bertz CT molecular complexity index is 484. The van der Waals surface area contributed by atoms with Crippen molar-refractivity contribution in [3.63, 3.8) is 0 Å². The van der Waals surface area contributed by atoms with Crippen molar-refractivity contribution in [1.82, 2.24) is 4.90 Å².